The second-order valence-corrected chi connectivity index (χ2v) is 18.0. The molecular formula is C48H58F2I2N8O5. The molecule has 0 saturated carbocycles. The number of alkyl halides is 1. The summed E-state index contributed by atoms with van der Waals surface area (Å²) in [6.07, 6.45) is 0. The molecule has 348 valence electrons. The highest BCUT2D eigenvalue weighted by Crippen LogP contribution is 2.40. The SMILES string of the molecule is CCI.COc1ccc(C(=O)O)c(F)c1.I.[C-]#[N+]c1c(C)cc(N2CC3CN(C(=O)c4ccc(OC)cc4F)C(C)C3C2)nc1C.[C-]#[N+]c1c(C)cc(N2CC3CNC(C)C3C2)nc1C. The molecule has 2 aromatic heterocycles. The molecule has 0 radical (unpaired) electrons. The molecule has 6 heterocycles. The summed E-state index contributed by atoms with van der Waals surface area (Å²) in [5.74, 6) is 1.84. The number of aromatic carboxylic acids is 1. The number of aryl methyl sites for hydroxylation is 4. The lowest BCUT2D eigenvalue weighted by Gasteiger charge is -2.28. The summed E-state index contributed by atoms with van der Waals surface area (Å²) in [7, 11) is 2.86. The van der Waals surface area contributed by atoms with E-state index in [4.69, 9.17) is 27.7 Å². The third-order valence-corrected chi connectivity index (χ3v) is 12.5. The van der Waals surface area contributed by atoms with Gasteiger partial charge in [0.05, 0.1) is 38.5 Å². The third kappa shape index (κ3) is 12.1. The average molecular weight is 1120 g/mol. The summed E-state index contributed by atoms with van der Waals surface area (Å²) in [6, 6.07) is 12.6. The Labute approximate surface area is 412 Å². The Balaban J connectivity index is 0.000000225. The zero-order chi connectivity index (χ0) is 47.0. The molecule has 4 saturated heterocycles. The summed E-state index contributed by atoms with van der Waals surface area (Å²) < 4.78 is 38.2. The van der Waals surface area contributed by atoms with E-state index in [1.54, 1.807) is 11.0 Å². The third-order valence-electron chi connectivity index (χ3n) is 12.5. The smallest absolute Gasteiger partial charge is 0.338 e. The summed E-state index contributed by atoms with van der Waals surface area (Å²) in [5, 5.41) is 12.0. The van der Waals surface area contributed by atoms with E-state index in [1.165, 1.54) is 36.8 Å². The number of halogens is 4. The fourth-order valence-corrected chi connectivity index (χ4v) is 9.11. The van der Waals surface area contributed by atoms with Gasteiger partial charge in [-0.25, -0.2) is 33.2 Å². The van der Waals surface area contributed by atoms with Gasteiger partial charge in [0.25, 0.3) is 5.91 Å². The molecule has 4 aromatic rings. The lowest BCUT2D eigenvalue weighted by atomic mass is 9.95. The standard InChI is InChI=1S/C23H25FN4O2.C15H20N4.C8H7FO3.C2H5I.HI/c1-13-8-21(26-14(2)22(13)25-4)27-10-16-11-28(15(3)19(16)12-27)23(29)18-7-6-17(30-5)9-20(18)24;1-9-5-14(18-11(3)15(9)16-4)19-7-12-6-17-10(2)13(12)8-19;1-12-5-2-3-6(8(10)11)7(9)4-5;1-2-3;/h6-9,15-16,19H,10-12H2,1-3,5H3;5,10,12-13,17H,6-8H2,1-3H3;2-4H,1H3,(H,10,11);2H2,1H3;1H. The molecule has 65 heavy (non-hydrogen) atoms. The van der Waals surface area contributed by atoms with Crippen molar-refractivity contribution in [2.24, 2.45) is 23.7 Å². The van der Waals surface area contributed by atoms with Gasteiger partial charge in [-0.3, -0.25) is 4.79 Å². The Kier molecular flexibility index (Phi) is 19.1. The molecule has 4 aliphatic rings. The minimum Gasteiger partial charge on any atom is -0.497 e. The van der Waals surface area contributed by atoms with Crippen LogP contribution in [0, 0.1) is 76.1 Å². The minimum absolute atomic E-state index is 0. The summed E-state index contributed by atoms with van der Waals surface area (Å²) in [6.45, 7) is 34.2. The van der Waals surface area contributed by atoms with Crippen molar-refractivity contribution in [3.8, 4) is 11.5 Å². The molecule has 17 heteroatoms. The number of hydrogen-bond acceptors (Lipinski definition) is 9. The lowest BCUT2D eigenvalue weighted by Crippen LogP contribution is -2.39. The number of amides is 1. The second kappa shape index (κ2) is 23.5. The first kappa shape index (κ1) is 52.8. The van der Waals surface area contributed by atoms with E-state index in [2.05, 4.69) is 77.3 Å². The molecule has 4 aliphatic heterocycles. The number of carboxylic acid groups (broad SMARTS) is 1. The molecule has 2 aromatic carbocycles. The van der Waals surface area contributed by atoms with Crippen molar-refractivity contribution in [1.82, 2.24) is 20.2 Å². The Morgan fingerprint density at radius 3 is 1.65 bits per heavy atom. The van der Waals surface area contributed by atoms with Gasteiger partial charge in [0.2, 0.25) is 11.4 Å². The molecule has 4 fully saturated rings. The van der Waals surface area contributed by atoms with Crippen LogP contribution in [0.5, 0.6) is 11.5 Å². The van der Waals surface area contributed by atoms with Crippen molar-refractivity contribution in [3.05, 3.63) is 117 Å². The molecule has 6 unspecified atom stereocenters. The van der Waals surface area contributed by atoms with Gasteiger partial charge in [-0.1, -0.05) is 29.5 Å². The average Bonchev–Trinajstić information content (AvgIpc) is 4.04. The van der Waals surface area contributed by atoms with Crippen LogP contribution in [0.1, 0.15) is 64.0 Å². The molecule has 1 amide bonds. The van der Waals surface area contributed by atoms with Crippen LogP contribution in [0.2, 0.25) is 0 Å². The fourth-order valence-electron chi connectivity index (χ4n) is 9.11. The quantitative estimate of drug-likeness (QED) is 0.109. The van der Waals surface area contributed by atoms with Gasteiger partial charge in [-0.05, 0) is 105 Å². The van der Waals surface area contributed by atoms with Crippen molar-refractivity contribution in [1.29, 1.82) is 0 Å². The van der Waals surface area contributed by atoms with Crippen molar-refractivity contribution in [2.75, 3.05) is 67.7 Å². The Morgan fingerprint density at radius 2 is 1.25 bits per heavy atom. The number of hydrogen-bond donors (Lipinski definition) is 2. The van der Waals surface area contributed by atoms with Gasteiger partial charge in [0.15, 0.2) is 0 Å². The van der Waals surface area contributed by atoms with Crippen molar-refractivity contribution in [2.45, 2.75) is 60.5 Å². The first-order chi connectivity index (χ1) is 30.5. The topological polar surface area (TPSA) is 129 Å². The lowest BCUT2D eigenvalue weighted by molar-refractivity contribution is 0.0689. The predicted molar refractivity (Wildman–Crippen MR) is 269 cm³/mol. The largest absolute Gasteiger partial charge is 0.497 e. The maximum atomic E-state index is 14.4. The molecule has 0 aliphatic carbocycles. The molecule has 0 spiro atoms. The van der Waals surface area contributed by atoms with E-state index in [-0.39, 0.29) is 47.1 Å². The van der Waals surface area contributed by atoms with E-state index in [9.17, 15) is 18.4 Å². The Morgan fingerprint density at radius 1 is 0.785 bits per heavy atom. The number of nitrogens with one attached hydrogen (secondary N) is 1. The predicted octanol–water partition coefficient (Wildman–Crippen LogP) is 9.88. The summed E-state index contributed by atoms with van der Waals surface area (Å²) >= 11 is 2.29. The van der Waals surface area contributed by atoms with Crippen LogP contribution in [0.15, 0.2) is 48.5 Å². The highest BCUT2D eigenvalue weighted by atomic mass is 127. The number of methoxy groups -OCH3 is 2. The number of anilines is 2. The number of carbonyl (C=O) groups excluding carboxylic acids is 1. The maximum Gasteiger partial charge on any atom is 0.338 e. The van der Waals surface area contributed by atoms with Crippen LogP contribution < -0.4 is 24.6 Å². The molecule has 0 bridgehead atoms. The highest BCUT2D eigenvalue weighted by Gasteiger charge is 2.47. The number of benzene rings is 2. The van der Waals surface area contributed by atoms with Crippen LogP contribution in [0.3, 0.4) is 0 Å². The van der Waals surface area contributed by atoms with Crippen LogP contribution >= 0.6 is 46.6 Å². The second-order valence-electron chi connectivity index (χ2n) is 16.5. The zero-order valence-electron chi connectivity index (χ0n) is 38.3. The van der Waals surface area contributed by atoms with Crippen LogP contribution in [0.4, 0.5) is 31.8 Å². The molecule has 13 nitrogen and oxygen atoms in total. The van der Waals surface area contributed by atoms with Crippen LogP contribution in [0.25, 0.3) is 9.69 Å². The summed E-state index contributed by atoms with van der Waals surface area (Å²) in [4.78, 5) is 46.2. The first-order valence-corrected chi connectivity index (χ1v) is 22.7. The van der Waals surface area contributed by atoms with E-state index in [1.807, 2.05) is 40.7 Å². The van der Waals surface area contributed by atoms with E-state index in [0.717, 1.165) is 90.8 Å². The maximum absolute atomic E-state index is 14.4. The number of likely N-dealkylation sites (tertiary alicyclic amines) is 1. The Bertz CT molecular complexity index is 2380. The van der Waals surface area contributed by atoms with Gasteiger partial charge in [-0.15, -0.1) is 24.0 Å². The number of ether oxygens (including phenoxy) is 2. The first-order valence-electron chi connectivity index (χ1n) is 21.2. The van der Waals surface area contributed by atoms with Gasteiger partial charge >= 0.3 is 5.97 Å². The number of carboxylic acids is 1. The number of aromatic nitrogens is 2. The number of nitrogens with zero attached hydrogens (tertiary/aromatic N) is 7. The van der Waals surface area contributed by atoms with Gasteiger partial charge in [0, 0.05) is 86.7 Å². The van der Waals surface area contributed by atoms with E-state index >= 15 is 0 Å². The number of rotatable bonds is 6. The zero-order valence-corrected chi connectivity index (χ0v) is 42.8. The van der Waals surface area contributed by atoms with Crippen LogP contribution in [-0.2, 0) is 0 Å². The molecule has 8 rings (SSSR count). The van der Waals surface area contributed by atoms with E-state index in [0.29, 0.717) is 47.3 Å². The number of fused-ring (bicyclic) bond motifs is 2. The molecule has 6 atom stereocenters. The molecule has 2 N–H and O–H groups in total. The van der Waals surface area contributed by atoms with Gasteiger partial charge in [-0.2, -0.15) is 0 Å². The van der Waals surface area contributed by atoms with Crippen molar-refractivity contribution >= 4 is 81.5 Å². The molecular weight excluding hydrogens is 1060 g/mol. The van der Waals surface area contributed by atoms with Crippen molar-refractivity contribution < 1.29 is 33.0 Å². The highest BCUT2D eigenvalue weighted by molar-refractivity contribution is 14.1. The fraction of sp³-hybridized carbons (Fsp3) is 0.458. The Hall–Kier alpha value is -4.86. The van der Waals surface area contributed by atoms with Crippen LogP contribution in [-0.4, -0.2) is 102 Å². The van der Waals surface area contributed by atoms with Crippen molar-refractivity contribution in [3.63, 3.8) is 0 Å². The normalized spacial score (nSPS) is 21.1. The summed E-state index contributed by atoms with van der Waals surface area (Å²) in [5.41, 5.74) is 4.64. The number of carbonyl (C=O) groups is 2. The number of pyridine rings is 2. The minimum atomic E-state index is -1.28. The van der Waals surface area contributed by atoms with E-state index < -0.39 is 17.6 Å². The monoisotopic (exact) mass is 1120 g/mol. The van der Waals surface area contributed by atoms with Gasteiger partial charge in [0.1, 0.15) is 34.8 Å². The van der Waals surface area contributed by atoms with Gasteiger partial charge < -0.3 is 34.6 Å².